The highest BCUT2D eigenvalue weighted by Gasteiger charge is 2.64. The van der Waals surface area contributed by atoms with Crippen molar-refractivity contribution in [2.75, 3.05) is 78.5 Å². The van der Waals surface area contributed by atoms with Crippen molar-refractivity contribution in [2.45, 2.75) is 313 Å². The minimum atomic E-state index is -3.68. The van der Waals surface area contributed by atoms with E-state index in [1.807, 2.05) is 111 Å². The Labute approximate surface area is 762 Å². The molecule has 6 saturated heterocycles. The number of piperazine rings is 3. The van der Waals surface area contributed by atoms with Crippen LogP contribution >= 0.6 is 42.5 Å². The van der Waals surface area contributed by atoms with Crippen LogP contribution in [0.25, 0.3) is 0 Å². The molecule has 0 aromatic heterocycles. The van der Waals surface area contributed by atoms with Gasteiger partial charge in [0.1, 0.15) is 16.8 Å². The van der Waals surface area contributed by atoms with E-state index in [4.69, 9.17) is 67.2 Å². The van der Waals surface area contributed by atoms with Gasteiger partial charge < -0.3 is 77.5 Å². The third-order valence-electron chi connectivity index (χ3n) is 21.8. The number of nitrogens with zero attached hydrogens (tertiary/aromatic N) is 5. The van der Waals surface area contributed by atoms with Crippen LogP contribution in [0, 0.1) is 6.92 Å². The SMILES string of the molecule is C.C.CC(C)(C)OC(=O)N1CCN(S(=O)(=O)c2ccc(B3OC(C)(C)C(C)(C)O3)cc2)CC1.CC(C)(C)OC(=O)N1CCN(S(=O)(=O)c2ccc(Br)cc2)CC1.CC(C)(C)OC(=O)N1CCNCC1.CC1(C)OB(B2OC(C)(C)C(C)(C)O2)OC1(C)C.Cc1ccc(S(=O)(=O)OC2CCC(O)CC2)cc1.O=S(=O)(Cl)c1ccc(Br)cc1.OC1CCC(O)CC1. The van der Waals surface area contributed by atoms with Crippen LogP contribution in [0.3, 0.4) is 0 Å². The largest absolute Gasteiger partial charge is 0.494 e. The van der Waals surface area contributed by atoms with Gasteiger partial charge in [-0.05, 0) is 282 Å². The molecule has 0 spiro atoms. The maximum Gasteiger partial charge on any atom is 0.494 e. The van der Waals surface area contributed by atoms with Crippen LogP contribution in [0.2, 0.25) is 0 Å². The number of carbonyl (C=O) groups is 3. The Morgan fingerprint density at radius 1 is 0.411 bits per heavy atom. The van der Waals surface area contributed by atoms with E-state index in [0.717, 1.165) is 71.8 Å². The van der Waals surface area contributed by atoms with Crippen molar-refractivity contribution in [3.05, 3.63) is 112 Å². The van der Waals surface area contributed by atoms with Crippen LogP contribution in [0.5, 0.6) is 0 Å². The Morgan fingerprint density at radius 2 is 0.677 bits per heavy atom. The molecule has 8 aliphatic rings. The van der Waals surface area contributed by atoms with E-state index < -0.39 is 94.9 Å². The van der Waals surface area contributed by atoms with Gasteiger partial charge in [0.05, 0.1) is 77.6 Å². The molecule has 6 heterocycles. The number of nitrogens with one attached hydrogen (secondary N) is 1. The van der Waals surface area contributed by atoms with Gasteiger partial charge in [-0.15, -0.1) is 0 Å². The highest BCUT2D eigenvalue weighted by atomic mass is 79.9. The summed E-state index contributed by atoms with van der Waals surface area (Å²) in [5, 5.41) is 30.4. The summed E-state index contributed by atoms with van der Waals surface area (Å²) in [5.74, 6) is 0. The molecule has 2 saturated carbocycles. The Morgan fingerprint density at radius 3 is 0.976 bits per heavy atom. The van der Waals surface area contributed by atoms with Gasteiger partial charge in [-0.1, -0.05) is 76.5 Å². The molecule has 6 aliphatic heterocycles. The molecule has 0 radical (unpaired) electrons. The fourth-order valence-electron chi connectivity index (χ4n) is 12.5. The number of hydrogen-bond acceptors (Lipinski definition) is 25. The van der Waals surface area contributed by atoms with Crippen molar-refractivity contribution in [1.82, 2.24) is 28.6 Å². The first-order chi connectivity index (χ1) is 55.8. The van der Waals surface area contributed by atoms with Gasteiger partial charge in [0.25, 0.3) is 19.2 Å². The van der Waals surface area contributed by atoms with E-state index in [9.17, 15) is 53.2 Å². The molecule has 4 aromatic carbocycles. The van der Waals surface area contributed by atoms with E-state index in [1.54, 1.807) is 141 Å². The zero-order chi connectivity index (χ0) is 92.0. The monoisotopic (exact) mass is 1970 g/mol. The normalized spacial score (nSPS) is 22.5. The Hall–Kier alpha value is -4.59. The molecule has 702 valence electrons. The number of benzene rings is 4. The molecule has 8 fully saturated rings. The van der Waals surface area contributed by atoms with Gasteiger partial charge >= 0.3 is 39.4 Å². The molecule has 124 heavy (non-hydrogen) atoms. The molecule has 40 heteroatoms. The maximum absolute atomic E-state index is 13.1. The first-order valence-electron chi connectivity index (χ1n) is 41.2. The van der Waals surface area contributed by atoms with Crippen molar-refractivity contribution in [1.29, 1.82) is 0 Å². The second-order valence-electron chi connectivity index (χ2n) is 37.0. The number of aryl methyl sites for hydroxylation is 1. The number of amides is 3. The fourth-order valence-corrected chi connectivity index (χ4v) is 17.7. The van der Waals surface area contributed by atoms with Crippen LogP contribution in [0.4, 0.5) is 14.4 Å². The predicted molar refractivity (Wildman–Crippen MR) is 491 cm³/mol. The molecule has 3 amide bonds. The number of sulfonamides is 2. The van der Waals surface area contributed by atoms with Crippen molar-refractivity contribution >= 4 is 127 Å². The van der Waals surface area contributed by atoms with Gasteiger partial charge in [-0.3, -0.25) is 4.18 Å². The van der Waals surface area contributed by atoms with Crippen molar-refractivity contribution < 1.29 is 110 Å². The maximum atomic E-state index is 13.1. The fraction of sp³-hybridized carbons (Fsp3) is 0.679. The Bertz CT molecular complexity index is 4420. The number of aliphatic hydroxyl groups is 3. The zero-order valence-electron chi connectivity index (χ0n) is 74.8. The molecule has 0 unspecified atom stereocenters. The lowest BCUT2D eigenvalue weighted by Crippen LogP contribution is -2.51. The Balaban J connectivity index is 0.000000314. The molecular weight excluding hydrogens is 1830 g/mol. The number of rotatable bonds is 10. The molecule has 0 bridgehead atoms. The third-order valence-corrected chi connectivity index (χ3v) is 29.4. The minimum Gasteiger partial charge on any atom is -0.444 e. The number of halogens is 3. The zero-order valence-corrected chi connectivity index (χ0v) is 82.0. The summed E-state index contributed by atoms with van der Waals surface area (Å²) in [6.45, 7) is 47.9. The van der Waals surface area contributed by atoms with E-state index in [0.29, 0.717) is 51.9 Å². The van der Waals surface area contributed by atoms with Gasteiger partial charge in [0.2, 0.25) is 20.0 Å². The van der Waals surface area contributed by atoms with Gasteiger partial charge in [0.15, 0.2) is 0 Å². The third kappa shape index (κ3) is 34.0. The number of ether oxygens (including phenoxy) is 3. The topological polar surface area (TPSA) is 369 Å². The lowest BCUT2D eigenvalue weighted by molar-refractivity contribution is 0.00578. The quantitative estimate of drug-likeness (QED) is 0.0496. The minimum absolute atomic E-state index is 0. The van der Waals surface area contributed by atoms with Crippen molar-refractivity contribution in [3.8, 4) is 0 Å². The predicted octanol–water partition coefficient (Wildman–Crippen LogP) is 13.9. The molecule has 30 nitrogen and oxygen atoms in total. The smallest absolute Gasteiger partial charge is 0.444 e. The molecule has 0 atom stereocenters. The average molecular weight is 1970 g/mol. The van der Waals surface area contributed by atoms with Crippen molar-refractivity contribution in [3.63, 3.8) is 0 Å². The summed E-state index contributed by atoms with van der Waals surface area (Å²) in [5.41, 5.74) is -2.11. The van der Waals surface area contributed by atoms with Gasteiger partial charge in [-0.2, -0.15) is 17.0 Å². The van der Waals surface area contributed by atoms with E-state index in [1.165, 1.54) is 20.7 Å². The lowest BCUT2D eigenvalue weighted by atomic mass is 9.49. The highest BCUT2D eigenvalue weighted by Crippen LogP contribution is 2.44. The Kier molecular flexibility index (Phi) is 41.0. The van der Waals surface area contributed by atoms with Crippen LogP contribution in [-0.4, -0.2) is 265 Å². The summed E-state index contributed by atoms with van der Waals surface area (Å²) in [6.07, 6.45) is 3.58. The van der Waals surface area contributed by atoms with Gasteiger partial charge in [0, 0.05) is 98.2 Å². The van der Waals surface area contributed by atoms with Crippen LogP contribution in [-0.2, 0) is 85.5 Å². The van der Waals surface area contributed by atoms with Crippen molar-refractivity contribution in [2.24, 2.45) is 0 Å². The standard InChI is InChI=1S/C21H33BN2O6S.C15H21BrN2O4S.C13H18O4S.C12H24B2O4.C9H18N2O2.C6H4BrClO2S.C6H12O2.2CH4/c1-19(2,3)28-18(25)23-12-14-24(15-13-23)31(26,27)17-10-8-16(9-11-17)22-29-20(4,5)21(6,7)30-22;1-15(2,3)22-14(19)17-8-10-18(11-9-17)23(20,21)13-6-4-12(16)5-7-13;1-10-2-8-13(9-3-10)18(15,16)17-12-6-4-11(14)5-7-12;1-9(2)10(3,4)16-13(15-9)14-17-11(5,6)12(7,8)18-14;1-9(2,3)13-8(12)11-6-4-10-5-7-11;7-5-1-3-6(4-2-5)11(8,9)10;7-5-1-2-6(8)4-3-5;;/h8-11H,12-15H2,1-7H3;4-7H,8-11H2,1-3H3;2-3,8-9,11-12,14H,4-7H2,1H3;1-8H3;10H,4-7H2,1-3H3;1-4H;5-8H,1-4H2;2*1H4. The second-order valence-corrected chi connectivity index (χ2v) is 46.8. The lowest BCUT2D eigenvalue weighted by Gasteiger charge is -2.35. The molecular formula is C84H138B3Br2ClN6O24S4. The second kappa shape index (κ2) is 45.5. The first kappa shape index (κ1) is 112. The van der Waals surface area contributed by atoms with E-state index in [-0.39, 0.29) is 119 Å². The van der Waals surface area contributed by atoms with E-state index in [2.05, 4.69) is 37.2 Å². The first-order valence-corrected chi connectivity index (χ1v) is 49.3. The number of hydrogen-bond donors (Lipinski definition) is 4. The summed E-state index contributed by atoms with van der Waals surface area (Å²) < 4.78 is 158. The number of carbonyl (C=O) groups excluding carboxylic acids is 3. The van der Waals surface area contributed by atoms with Gasteiger partial charge in [-0.25, -0.2) is 39.6 Å². The van der Waals surface area contributed by atoms with Crippen LogP contribution in [0.1, 0.15) is 217 Å². The molecule has 2 aliphatic carbocycles. The highest BCUT2D eigenvalue weighted by molar-refractivity contribution is 9.10. The van der Waals surface area contributed by atoms with E-state index >= 15 is 0 Å². The summed E-state index contributed by atoms with van der Waals surface area (Å²) in [6, 6.07) is 25.9. The summed E-state index contributed by atoms with van der Waals surface area (Å²) >= 11 is 6.46. The van der Waals surface area contributed by atoms with Crippen LogP contribution < -0.4 is 10.8 Å². The van der Waals surface area contributed by atoms with Crippen LogP contribution in [0.15, 0.2) is 126 Å². The average Bonchev–Trinajstić information content (AvgIpc) is 1.60. The molecule has 4 aromatic rings. The summed E-state index contributed by atoms with van der Waals surface area (Å²) in [7, 11) is -10.9. The molecule has 12 rings (SSSR count). The number of aliphatic hydroxyl groups excluding tert-OH is 3. The molecule has 4 N–H and O–H groups in total. The summed E-state index contributed by atoms with van der Waals surface area (Å²) in [4.78, 5) is 41.3.